The minimum Gasteiger partial charge on any atom is -0.465 e. The van der Waals surface area contributed by atoms with E-state index in [-0.39, 0.29) is 11.5 Å². The Morgan fingerprint density at radius 3 is 2.60 bits per heavy atom. The van der Waals surface area contributed by atoms with Gasteiger partial charge in [0.25, 0.3) is 0 Å². The summed E-state index contributed by atoms with van der Waals surface area (Å²) >= 11 is 0. The van der Waals surface area contributed by atoms with Crippen molar-refractivity contribution in [3.05, 3.63) is 34.4 Å². The molecule has 0 aromatic heterocycles. The van der Waals surface area contributed by atoms with Crippen LogP contribution in [0, 0.1) is 23.7 Å². The van der Waals surface area contributed by atoms with Crippen molar-refractivity contribution < 1.29 is 9.90 Å². The van der Waals surface area contributed by atoms with Crippen LogP contribution in [0.1, 0.15) is 49.1 Å². The van der Waals surface area contributed by atoms with Gasteiger partial charge in [0.2, 0.25) is 0 Å². The van der Waals surface area contributed by atoms with Gasteiger partial charge in [0, 0.05) is 6.54 Å². The van der Waals surface area contributed by atoms with Gasteiger partial charge >= 0.3 is 6.09 Å². The molecule has 1 atom stereocenters. The summed E-state index contributed by atoms with van der Waals surface area (Å²) in [4.78, 5) is 13.0. The first-order valence-electron chi connectivity index (χ1n) is 6.79. The van der Waals surface area contributed by atoms with Crippen molar-refractivity contribution >= 4 is 6.09 Å². The molecule has 1 heterocycles. The maximum absolute atomic E-state index is 11.5. The number of benzene rings is 1. The van der Waals surface area contributed by atoms with Crippen LogP contribution in [0.2, 0.25) is 0 Å². The third-order valence-electron chi connectivity index (χ3n) is 4.03. The van der Waals surface area contributed by atoms with Gasteiger partial charge in [-0.1, -0.05) is 26.8 Å². The first-order chi connectivity index (χ1) is 9.27. The fourth-order valence-corrected chi connectivity index (χ4v) is 3.16. The standard InChI is InChI=1S/C16H20N2O2/c1-10-11(9-17)5-6-13-12(10)7-8-18(15(19)20)14(13)16(2,3)4/h5-6,14H,7-8H2,1-4H3,(H,19,20). The predicted molar refractivity (Wildman–Crippen MR) is 76.5 cm³/mol. The molecular formula is C16H20N2O2. The molecule has 0 aliphatic carbocycles. The Morgan fingerprint density at radius 2 is 2.10 bits per heavy atom. The number of amides is 1. The third-order valence-corrected chi connectivity index (χ3v) is 4.03. The summed E-state index contributed by atoms with van der Waals surface area (Å²) in [6.07, 6.45) is -0.201. The predicted octanol–water partition coefficient (Wildman–Crippen LogP) is 3.49. The maximum atomic E-state index is 11.5. The number of carboxylic acid groups (broad SMARTS) is 1. The van der Waals surface area contributed by atoms with Crippen LogP contribution in [-0.2, 0) is 6.42 Å². The molecule has 0 spiro atoms. The van der Waals surface area contributed by atoms with E-state index in [0.717, 1.165) is 16.7 Å². The highest BCUT2D eigenvalue weighted by molar-refractivity contribution is 5.67. The van der Waals surface area contributed by atoms with Gasteiger partial charge < -0.3 is 10.0 Å². The van der Waals surface area contributed by atoms with E-state index in [9.17, 15) is 9.90 Å². The molecule has 0 saturated carbocycles. The molecule has 0 radical (unpaired) electrons. The van der Waals surface area contributed by atoms with Crippen LogP contribution in [0.25, 0.3) is 0 Å². The van der Waals surface area contributed by atoms with E-state index >= 15 is 0 Å². The molecule has 4 heteroatoms. The van der Waals surface area contributed by atoms with Crippen LogP contribution in [0.15, 0.2) is 12.1 Å². The monoisotopic (exact) mass is 272 g/mol. The van der Waals surface area contributed by atoms with Crippen molar-refractivity contribution in [3.8, 4) is 6.07 Å². The zero-order valence-electron chi connectivity index (χ0n) is 12.4. The maximum Gasteiger partial charge on any atom is 0.407 e. The fraction of sp³-hybridized carbons (Fsp3) is 0.500. The molecule has 106 valence electrons. The van der Waals surface area contributed by atoms with Gasteiger partial charge in [-0.3, -0.25) is 0 Å². The van der Waals surface area contributed by atoms with E-state index in [1.165, 1.54) is 4.90 Å². The molecule has 0 saturated heterocycles. The topological polar surface area (TPSA) is 64.3 Å². The first-order valence-corrected chi connectivity index (χ1v) is 6.79. The van der Waals surface area contributed by atoms with Crippen molar-refractivity contribution in [1.29, 1.82) is 5.26 Å². The summed E-state index contributed by atoms with van der Waals surface area (Å²) in [5, 5.41) is 18.6. The lowest BCUT2D eigenvalue weighted by Crippen LogP contribution is -2.45. The lowest BCUT2D eigenvalue weighted by atomic mass is 9.76. The minimum atomic E-state index is -0.877. The number of hydrogen-bond acceptors (Lipinski definition) is 2. The third kappa shape index (κ3) is 2.24. The summed E-state index contributed by atoms with van der Waals surface area (Å²) in [5.41, 5.74) is 3.67. The Balaban J connectivity index is 2.63. The second-order valence-corrected chi connectivity index (χ2v) is 6.41. The van der Waals surface area contributed by atoms with Gasteiger partial charge in [0.05, 0.1) is 17.7 Å². The number of hydrogen-bond donors (Lipinski definition) is 1. The van der Waals surface area contributed by atoms with Crippen LogP contribution >= 0.6 is 0 Å². The summed E-state index contributed by atoms with van der Waals surface area (Å²) in [6.45, 7) is 8.59. The molecule has 1 aliphatic heterocycles. The molecule has 1 N–H and O–H groups in total. The summed E-state index contributed by atoms with van der Waals surface area (Å²) in [5.74, 6) is 0. The molecule has 1 amide bonds. The molecule has 1 aromatic carbocycles. The minimum absolute atomic E-state index is 0.171. The Labute approximate surface area is 119 Å². The molecule has 20 heavy (non-hydrogen) atoms. The summed E-state index contributed by atoms with van der Waals surface area (Å²) in [6, 6.07) is 5.76. The van der Waals surface area contributed by atoms with Gasteiger partial charge in [-0.15, -0.1) is 0 Å². The molecular weight excluding hydrogens is 252 g/mol. The number of nitriles is 1. The van der Waals surface area contributed by atoms with E-state index in [1.54, 1.807) is 6.07 Å². The SMILES string of the molecule is Cc1c(C#N)ccc2c1CCN(C(=O)O)C2C(C)(C)C. The number of fused-ring (bicyclic) bond motifs is 1. The molecule has 0 fully saturated rings. The lowest BCUT2D eigenvalue weighted by Gasteiger charge is -2.43. The molecule has 0 bridgehead atoms. The van der Waals surface area contributed by atoms with Crippen molar-refractivity contribution in [2.45, 2.75) is 40.2 Å². The highest BCUT2D eigenvalue weighted by Crippen LogP contribution is 2.43. The largest absolute Gasteiger partial charge is 0.465 e. The van der Waals surface area contributed by atoms with Crippen LogP contribution in [0.3, 0.4) is 0 Å². The van der Waals surface area contributed by atoms with E-state index in [2.05, 4.69) is 26.8 Å². The van der Waals surface area contributed by atoms with Gasteiger partial charge in [0.1, 0.15) is 0 Å². The number of nitrogens with zero attached hydrogens (tertiary/aromatic N) is 2. The van der Waals surface area contributed by atoms with E-state index < -0.39 is 6.09 Å². The van der Waals surface area contributed by atoms with Crippen molar-refractivity contribution in [1.82, 2.24) is 4.90 Å². The number of carbonyl (C=O) groups is 1. The van der Waals surface area contributed by atoms with Gasteiger partial charge in [-0.2, -0.15) is 5.26 Å². The first kappa shape index (κ1) is 14.4. The molecule has 4 nitrogen and oxygen atoms in total. The zero-order chi connectivity index (χ0) is 15.1. The van der Waals surface area contributed by atoms with Crippen molar-refractivity contribution in [2.24, 2.45) is 5.41 Å². The Hall–Kier alpha value is -2.02. The lowest BCUT2D eigenvalue weighted by molar-refractivity contribution is 0.0758. The second-order valence-electron chi connectivity index (χ2n) is 6.41. The van der Waals surface area contributed by atoms with E-state index in [1.807, 2.05) is 13.0 Å². The van der Waals surface area contributed by atoms with Gasteiger partial charge in [-0.05, 0) is 41.5 Å². The van der Waals surface area contributed by atoms with Gasteiger partial charge in [0.15, 0.2) is 0 Å². The van der Waals surface area contributed by atoms with E-state index in [4.69, 9.17) is 5.26 Å². The van der Waals surface area contributed by atoms with Crippen LogP contribution in [-0.4, -0.2) is 22.6 Å². The van der Waals surface area contributed by atoms with Crippen molar-refractivity contribution in [2.75, 3.05) is 6.54 Å². The summed E-state index contributed by atoms with van der Waals surface area (Å²) in [7, 11) is 0. The fourth-order valence-electron chi connectivity index (χ4n) is 3.16. The molecule has 1 aliphatic rings. The van der Waals surface area contributed by atoms with Crippen LogP contribution in [0.5, 0.6) is 0 Å². The smallest absolute Gasteiger partial charge is 0.407 e. The van der Waals surface area contributed by atoms with Gasteiger partial charge in [-0.25, -0.2) is 4.79 Å². The Kier molecular flexibility index (Phi) is 3.47. The molecule has 1 aromatic rings. The average Bonchev–Trinajstić information content (AvgIpc) is 2.36. The highest BCUT2D eigenvalue weighted by atomic mass is 16.4. The molecule has 1 unspecified atom stereocenters. The van der Waals surface area contributed by atoms with Crippen LogP contribution < -0.4 is 0 Å². The quantitative estimate of drug-likeness (QED) is 0.786. The average molecular weight is 272 g/mol. The highest BCUT2D eigenvalue weighted by Gasteiger charge is 2.39. The zero-order valence-corrected chi connectivity index (χ0v) is 12.4. The normalized spacial score (nSPS) is 18.4. The van der Waals surface area contributed by atoms with E-state index in [0.29, 0.717) is 18.5 Å². The Bertz CT molecular complexity index is 594. The summed E-state index contributed by atoms with van der Waals surface area (Å²) < 4.78 is 0. The number of rotatable bonds is 0. The van der Waals surface area contributed by atoms with Crippen molar-refractivity contribution in [3.63, 3.8) is 0 Å². The van der Waals surface area contributed by atoms with Crippen LogP contribution in [0.4, 0.5) is 4.79 Å². The Morgan fingerprint density at radius 1 is 1.45 bits per heavy atom. The second kappa shape index (κ2) is 4.82. The molecule has 2 rings (SSSR count).